The van der Waals surface area contributed by atoms with E-state index in [1.54, 1.807) is 12.7 Å². The number of hydrogen-bond donors (Lipinski definition) is 1. The molecule has 1 fully saturated rings. The molecule has 4 aromatic rings. The van der Waals surface area contributed by atoms with Crippen molar-refractivity contribution in [1.29, 1.82) is 0 Å². The summed E-state index contributed by atoms with van der Waals surface area (Å²) in [5.74, 6) is 3.47. The summed E-state index contributed by atoms with van der Waals surface area (Å²) < 4.78 is 25.7. The van der Waals surface area contributed by atoms with Crippen molar-refractivity contribution in [3.63, 3.8) is 0 Å². The van der Waals surface area contributed by atoms with Gasteiger partial charge in [-0.25, -0.2) is 0 Å². The van der Waals surface area contributed by atoms with Crippen LogP contribution in [0.4, 0.5) is 0 Å². The Balaban J connectivity index is 1.31. The van der Waals surface area contributed by atoms with Crippen molar-refractivity contribution in [2.45, 2.75) is 102 Å². The summed E-state index contributed by atoms with van der Waals surface area (Å²) in [4.78, 5) is 0. The molecule has 4 aromatic carbocycles. The Hall–Kier alpha value is -4.48. The Labute approximate surface area is 314 Å². The van der Waals surface area contributed by atoms with Crippen LogP contribution in [-0.4, -0.2) is 31.0 Å². The third-order valence-electron chi connectivity index (χ3n) is 13.6. The van der Waals surface area contributed by atoms with Gasteiger partial charge in [0, 0.05) is 33.9 Å². The van der Waals surface area contributed by atoms with Gasteiger partial charge in [-0.1, -0.05) is 74.8 Å². The van der Waals surface area contributed by atoms with Gasteiger partial charge in [0.2, 0.25) is 0 Å². The number of benzene rings is 4. The second kappa shape index (κ2) is 12.6. The van der Waals surface area contributed by atoms with Crippen LogP contribution in [0.25, 0.3) is 22.4 Å². The Morgan fingerprint density at radius 2 is 1.51 bits per heavy atom. The smallest absolute Gasteiger partial charge is 0.178 e. The average molecular weight is 709 g/mol. The number of methoxy groups -OCH3 is 1. The Morgan fingerprint density at radius 3 is 2.17 bits per heavy atom. The van der Waals surface area contributed by atoms with E-state index in [1.165, 1.54) is 71.7 Å². The summed E-state index contributed by atoms with van der Waals surface area (Å²) in [7, 11) is 1.70. The van der Waals surface area contributed by atoms with Crippen molar-refractivity contribution >= 4 is 22.4 Å². The van der Waals surface area contributed by atoms with Crippen molar-refractivity contribution in [1.82, 2.24) is 0 Å². The maximum Gasteiger partial charge on any atom is 0.178 e. The van der Waals surface area contributed by atoms with Gasteiger partial charge in [0.15, 0.2) is 5.60 Å². The second-order valence-electron chi connectivity index (χ2n) is 16.7. The van der Waals surface area contributed by atoms with Crippen LogP contribution in [0.1, 0.15) is 112 Å². The molecule has 1 N–H and O–H groups in total. The van der Waals surface area contributed by atoms with E-state index in [2.05, 4.69) is 88.4 Å². The number of rotatable bonds is 8. The van der Waals surface area contributed by atoms with E-state index in [0.29, 0.717) is 11.2 Å². The summed E-state index contributed by atoms with van der Waals surface area (Å²) >= 11 is 0. The van der Waals surface area contributed by atoms with Crippen LogP contribution in [0.5, 0.6) is 23.0 Å². The van der Waals surface area contributed by atoms with E-state index in [9.17, 15) is 5.11 Å². The number of fused-ring (bicyclic) bond motifs is 10. The van der Waals surface area contributed by atoms with Gasteiger partial charge in [-0.3, -0.25) is 0 Å². The zero-order valence-electron chi connectivity index (χ0n) is 31.9. The molecule has 2 aliphatic heterocycles. The molecule has 5 aliphatic rings. The molecule has 0 radical (unpaired) electrons. The molecule has 0 aromatic heterocycles. The Bertz CT molecular complexity index is 2170. The van der Waals surface area contributed by atoms with Crippen LogP contribution in [0.3, 0.4) is 0 Å². The first-order chi connectivity index (χ1) is 25.7. The van der Waals surface area contributed by atoms with Crippen LogP contribution in [0.2, 0.25) is 0 Å². The minimum absolute atomic E-state index is 0.0137. The molecule has 5 heteroatoms. The molecular formula is C48H52O5. The zero-order chi connectivity index (χ0) is 36.6. The van der Waals surface area contributed by atoms with E-state index in [0.717, 1.165) is 53.0 Å². The number of ether oxygens (including phenoxy) is 4. The predicted molar refractivity (Wildman–Crippen MR) is 213 cm³/mol. The highest BCUT2D eigenvalue weighted by Crippen LogP contribution is 2.65. The molecule has 53 heavy (non-hydrogen) atoms. The number of hydrogen-bond acceptors (Lipinski definition) is 5. The SMILES string of the molecule is CCC1(CC)CCC2(CC1)C1=C(C=CCC1)c1c2c2c(c3cc4c(cc13)OC(C)(C)C4)OC(c1ccc(OC)cc1)(c1ccc(OCCO)cc1)C=C2. The van der Waals surface area contributed by atoms with Gasteiger partial charge in [-0.15, -0.1) is 0 Å². The molecule has 3 aliphatic carbocycles. The second-order valence-corrected chi connectivity index (χ2v) is 16.7. The third-order valence-corrected chi connectivity index (χ3v) is 13.6. The van der Waals surface area contributed by atoms with Gasteiger partial charge < -0.3 is 24.1 Å². The topological polar surface area (TPSA) is 57.2 Å². The Kier molecular flexibility index (Phi) is 8.12. The molecule has 5 nitrogen and oxygen atoms in total. The molecule has 0 saturated heterocycles. The van der Waals surface area contributed by atoms with Gasteiger partial charge in [0.25, 0.3) is 0 Å². The van der Waals surface area contributed by atoms with Gasteiger partial charge in [-0.2, -0.15) is 0 Å². The summed E-state index contributed by atoms with van der Waals surface area (Å²) in [6, 6.07) is 21.1. The molecule has 1 spiro atoms. The highest BCUT2D eigenvalue weighted by atomic mass is 16.5. The summed E-state index contributed by atoms with van der Waals surface area (Å²) in [5.41, 5.74) is 9.68. The number of allylic oxidation sites excluding steroid dienone is 4. The first kappa shape index (κ1) is 34.3. The van der Waals surface area contributed by atoms with Crippen LogP contribution in [0.15, 0.2) is 84.5 Å². The monoisotopic (exact) mass is 708 g/mol. The minimum Gasteiger partial charge on any atom is -0.497 e. The van der Waals surface area contributed by atoms with E-state index >= 15 is 0 Å². The largest absolute Gasteiger partial charge is 0.497 e. The molecule has 0 bridgehead atoms. The van der Waals surface area contributed by atoms with Gasteiger partial charge in [-0.05, 0) is 128 Å². The number of aliphatic hydroxyl groups excluding tert-OH is 1. The lowest BCUT2D eigenvalue weighted by Crippen LogP contribution is -2.39. The summed E-state index contributed by atoms with van der Waals surface area (Å²) in [6.45, 7) is 9.40. The normalized spacial score (nSPS) is 22.5. The van der Waals surface area contributed by atoms with Gasteiger partial charge in [0.05, 0.1) is 13.7 Å². The van der Waals surface area contributed by atoms with Crippen molar-refractivity contribution in [3.05, 3.63) is 118 Å². The molecule has 0 amide bonds. The Morgan fingerprint density at radius 1 is 0.811 bits per heavy atom. The van der Waals surface area contributed by atoms with Crippen molar-refractivity contribution in [3.8, 4) is 23.0 Å². The molecule has 274 valence electrons. The minimum atomic E-state index is -0.907. The quantitative estimate of drug-likeness (QED) is 0.197. The maximum absolute atomic E-state index is 9.38. The van der Waals surface area contributed by atoms with Crippen LogP contribution in [-0.2, 0) is 17.4 Å². The summed E-state index contributed by atoms with van der Waals surface area (Å²) in [5, 5.41) is 11.8. The van der Waals surface area contributed by atoms with Crippen molar-refractivity contribution in [2.75, 3.05) is 20.3 Å². The van der Waals surface area contributed by atoms with E-state index in [4.69, 9.17) is 18.9 Å². The lowest BCUT2D eigenvalue weighted by molar-refractivity contribution is 0.129. The first-order valence-electron chi connectivity index (χ1n) is 19.8. The first-order valence-corrected chi connectivity index (χ1v) is 19.8. The number of aliphatic hydroxyl groups is 1. The molecule has 2 heterocycles. The van der Waals surface area contributed by atoms with Crippen molar-refractivity contribution < 1.29 is 24.1 Å². The lowest BCUT2D eigenvalue weighted by Gasteiger charge is -2.48. The highest BCUT2D eigenvalue weighted by Gasteiger charge is 2.52. The molecule has 1 saturated carbocycles. The molecule has 1 atom stereocenters. The average Bonchev–Trinajstić information content (AvgIpc) is 3.66. The van der Waals surface area contributed by atoms with E-state index < -0.39 is 5.60 Å². The molecular weight excluding hydrogens is 657 g/mol. The van der Waals surface area contributed by atoms with Crippen LogP contribution < -0.4 is 18.9 Å². The molecule has 9 rings (SSSR count). The highest BCUT2D eigenvalue weighted by molar-refractivity contribution is 6.08. The van der Waals surface area contributed by atoms with E-state index in [-0.39, 0.29) is 24.2 Å². The van der Waals surface area contributed by atoms with Crippen LogP contribution >= 0.6 is 0 Å². The lowest BCUT2D eigenvalue weighted by atomic mass is 9.57. The maximum atomic E-state index is 9.38. The fourth-order valence-corrected chi connectivity index (χ4v) is 10.6. The standard InChI is InChI=1S/C48H52O5/c1-6-46(7-2)22-24-47(25-23-46)40-11-9-8-10-36(40)42-38-29-41-31(30-45(3,4)52-41)28-39(38)44-37(43(42)47)20-21-48(53-44,32-12-16-34(50-5)17-13-32)33-14-18-35(19-15-33)51-27-26-49/h8,10,12-21,28-29,49H,6-7,9,11,22-27,30H2,1-5H3. The van der Waals surface area contributed by atoms with Crippen LogP contribution in [0, 0.1) is 5.41 Å². The zero-order valence-corrected chi connectivity index (χ0v) is 31.9. The third kappa shape index (κ3) is 5.21. The fourth-order valence-electron chi connectivity index (χ4n) is 10.6. The summed E-state index contributed by atoms with van der Waals surface area (Å²) in [6.07, 6.45) is 19.9. The predicted octanol–water partition coefficient (Wildman–Crippen LogP) is 11.0. The van der Waals surface area contributed by atoms with E-state index in [1.807, 2.05) is 24.3 Å². The fraction of sp³-hybridized carbons (Fsp3) is 0.417. The van der Waals surface area contributed by atoms with Crippen molar-refractivity contribution in [2.24, 2.45) is 5.41 Å². The van der Waals surface area contributed by atoms with Gasteiger partial charge >= 0.3 is 0 Å². The molecule has 1 unspecified atom stereocenters. The van der Waals surface area contributed by atoms with Gasteiger partial charge in [0.1, 0.15) is 35.2 Å².